The monoisotopic (exact) mass is 224 g/mol. The summed E-state index contributed by atoms with van der Waals surface area (Å²) in [6.45, 7) is 13.2. The molecular formula is C14H28N2. The molecule has 1 saturated carbocycles. The summed E-state index contributed by atoms with van der Waals surface area (Å²) >= 11 is 0. The van der Waals surface area contributed by atoms with Gasteiger partial charge in [0.05, 0.1) is 0 Å². The smallest absolute Gasteiger partial charge is 0.0309 e. The molecule has 1 N–H and O–H groups in total. The van der Waals surface area contributed by atoms with Gasteiger partial charge in [-0.3, -0.25) is 4.90 Å². The van der Waals surface area contributed by atoms with Crippen molar-refractivity contribution in [3.8, 4) is 0 Å². The molecule has 1 aliphatic carbocycles. The van der Waals surface area contributed by atoms with Crippen molar-refractivity contribution >= 4 is 0 Å². The first-order valence-electron chi connectivity index (χ1n) is 6.98. The lowest BCUT2D eigenvalue weighted by Crippen LogP contribution is -2.64. The maximum Gasteiger partial charge on any atom is 0.0309 e. The summed E-state index contributed by atoms with van der Waals surface area (Å²) in [5, 5.41) is 3.76. The Bertz CT molecular complexity index is 245. The summed E-state index contributed by atoms with van der Waals surface area (Å²) in [7, 11) is 0. The van der Waals surface area contributed by atoms with Gasteiger partial charge in [-0.2, -0.15) is 0 Å². The standard InChI is InChI=1S/C14H28N2/c1-5-8-13(2,3)16-10-9-15-14(4,11-16)12-6-7-12/h12,15H,5-11H2,1-4H3. The minimum absolute atomic E-state index is 0.382. The Hall–Kier alpha value is -0.0800. The fraction of sp³-hybridized carbons (Fsp3) is 1.00. The first kappa shape index (κ1) is 12.4. The summed E-state index contributed by atoms with van der Waals surface area (Å²) in [5.41, 5.74) is 0.774. The second-order valence-electron chi connectivity index (χ2n) is 6.60. The zero-order chi connectivity index (χ0) is 11.8. The second-order valence-corrected chi connectivity index (χ2v) is 6.60. The van der Waals surface area contributed by atoms with E-state index in [4.69, 9.17) is 0 Å². The van der Waals surface area contributed by atoms with E-state index < -0.39 is 0 Å². The third-order valence-corrected chi connectivity index (χ3v) is 4.63. The highest BCUT2D eigenvalue weighted by molar-refractivity contribution is 5.04. The number of nitrogens with zero attached hydrogens (tertiary/aromatic N) is 1. The van der Waals surface area contributed by atoms with Crippen LogP contribution in [0.5, 0.6) is 0 Å². The molecule has 2 heteroatoms. The molecule has 1 unspecified atom stereocenters. The van der Waals surface area contributed by atoms with Crippen LogP contribution in [0.2, 0.25) is 0 Å². The fourth-order valence-corrected chi connectivity index (χ4v) is 3.29. The van der Waals surface area contributed by atoms with Crippen LogP contribution in [-0.4, -0.2) is 35.6 Å². The van der Waals surface area contributed by atoms with E-state index >= 15 is 0 Å². The van der Waals surface area contributed by atoms with Crippen LogP contribution in [0.15, 0.2) is 0 Å². The van der Waals surface area contributed by atoms with Crippen molar-refractivity contribution in [2.24, 2.45) is 5.92 Å². The van der Waals surface area contributed by atoms with Crippen molar-refractivity contribution in [3.05, 3.63) is 0 Å². The molecule has 0 bridgehead atoms. The lowest BCUT2D eigenvalue weighted by atomic mass is 9.88. The second kappa shape index (κ2) is 4.30. The molecule has 0 aromatic heterocycles. The fourth-order valence-electron chi connectivity index (χ4n) is 3.29. The Morgan fingerprint density at radius 3 is 2.62 bits per heavy atom. The van der Waals surface area contributed by atoms with Gasteiger partial charge in [-0.15, -0.1) is 0 Å². The van der Waals surface area contributed by atoms with Crippen molar-refractivity contribution < 1.29 is 0 Å². The van der Waals surface area contributed by atoms with E-state index in [1.807, 2.05) is 0 Å². The number of nitrogens with one attached hydrogen (secondary N) is 1. The average molecular weight is 224 g/mol. The topological polar surface area (TPSA) is 15.3 Å². The Labute approximate surface area is 101 Å². The zero-order valence-corrected chi connectivity index (χ0v) is 11.5. The lowest BCUT2D eigenvalue weighted by molar-refractivity contribution is 0.0380. The first-order valence-corrected chi connectivity index (χ1v) is 6.98. The van der Waals surface area contributed by atoms with Crippen LogP contribution >= 0.6 is 0 Å². The third-order valence-electron chi connectivity index (χ3n) is 4.63. The molecular weight excluding hydrogens is 196 g/mol. The molecule has 0 aromatic carbocycles. The van der Waals surface area contributed by atoms with E-state index in [0.29, 0.717) is 11.1 Å². The molecule has 2 rings (SSSR count). The minimum Gasteiger partial charge on any atom is -0.309 e. The van der Waals surface area contributed by atoms with Gasteiger partial charge in [0.1, 0.15) is 0 Å². The Morgan fingerprint density at radius 2 is 2.06 bits per heavy atom. The van der Waals surface area contributed by atoms with E-state index in [-0.39, 0.29) is 0 Å². The first-order chi connectivity index (χ1) is 7.48. The molecule has 1 aliphatic heterocycles. The summed E-state index contributed by atoms with van der Waals surface area (Å²) in [6, 6.07) is 0. The summed E-state index contributed by atoms with van der Waals surface area (Å²) in [6.07, 6.45) is 5.47. The van der Waals surface area contributed by atoms with E-state index in [1.54, 1.807) is 0 Å². The van der Waals surface area contributed by atoms with Gasteiger partial charge < -0.3 is 5.32 Å². The van der Waals surface area contributed by atoms with Crippen LogP contribution in [0.1, 0.15) is 53.4 Å². The van der Waals surface area contributed by atoms with Crippen LogP contribution in [0.3, 0.4) is 0 Å². The van der Waals surface area contributed by atoms with E-state index in [2.05, 4.69) is 37.9 Å². The Kier molecular flexibility index (Phi) is 3.33. The van der Waals surface area contributed by atoms with E-state index in [1.165, 1.54) is 45.3 Å². The lowest BCUT2D eigenvalue weighted by Gasteiger charge is -2.49. The maximum absolute atomic E-state index is 3.76. The van der Waals surface area contributed by atoms with Gasteiger partial charge in [-0.1, -0.05) is 13.3 Å². The van der Waals surface area contributed by atoms with Gasteiger partial charge in [-0.25, -0.2) is 0 Å². The van der Waals surface area contributed by atoms with Gasteiger partial charge >= 0.3 is 0 Å². The molecule has 0 radical (unpaired) electrons. The van der Waals surface area contributed by atoms with Crippen molar-refractivity contribution in [2.75, 3.05) is 19.6 Å². The van der Waals surface area contributed by atoms with Crippen LogP contribution in [-0.2, 0) is 0 Å². The molecule has 0 aromatic rings. The highest BCUT2D eigenvalue weighted by Crippen LogP contribution is 2.41. The van der Waals surface area contributed by atoms with Gasteiger partial charge in [0, 0.05) is 30.7 Å². The van der Waals surface area contributed by atoms with E-state index in [9.17, 15) is 0 Å². The van der Waals surface area contributed by atoms with Gasteiger partial charge in [0.15, 0.2) is 0 Å². The molecule has 1 heterocycles. The van der Waals surface area contributed by atoms with Crippen molar-refractivity contribution in [3.63, 3.8) is 0 Å². The zero-order valence-electron chi connectivity index (χ0n) is 11.5. The molecule has 2 aliphatic rings. The van der Waals surface area contributed by atoms with Crippen molar-refractivity contribution in [2.45, 2.75) is 64.5 Å². The maximum atomic E-state index is 3.76. The normalized spacial score (nSPS) is 33.0. The highest BCUT2D eigenvalue weighted by atomic mass is 15.3. The van der Waals surface area contributed by atoms with Crippen LogP contribution in [0.25, 0.3) is 0 Å². The molecule has 16 heavy (non-hydrogen) atoms. The minimum atomic E-state index is 0.382. The summed E-state index contributed by atoms with van der Waals surface area (Å²) < 4.78 is 0. The van der Waals surface area contributed by atoms with Crippen molar-refractivity contribution in [1.29, 1.82) is 0 Å². The van der Waals surface area contributed by atoms with Gasteiger partial charge in [-0.05, 0) is 46.0 Å². The Balaban J connectivity index is 2.00. The molecule has 0 amide bonds. The van der Waals surface area contributed by atoms with Gasteiger partial charge in [0.2, 0.25) is 0 Å². The summed E-state index contributed by atoms with van der Waals surface area (Å²) in [4.78, 5) is 2.71. The van der Waals surface area contributed by atoms with Crippen LogP contribution < -0.4 is 5.32 Å². The highest BCUT2D eigenvalue weighted by Gasteiger charge is 2.45. The Morgan fingerprint density at radius 1 is 1.38 bits per heavy atom. The molecule has 94 valence electrons. The van der Waals surface area contributed by atoms with Gasteiger partial charge in [0.25, 0.3) is 0 Å². The average Bonchev–Trinajstić information content (AvgIpc) is 3.01. The largest absolute Gasteiger partial charge is 0.309 e. The third kappa shape index (κ3) is 2.43. The number of hydrogen-bond donors (Lipinski definition) is 1. The SMILES string of the molecule is CCCC(C)(C)N1CCNC(C)(C2CC2)C1. The quantitative estimate of drug-likeness (QED) is 0.790. The summed E-state index contributed by atoms with van der Waals surface area (Å²) in [5.74, 6) is 0.938. The molecule has 2 fully saturated rings. The van der Waals surface area contributed by atoms with Crippen LogP contribution in [0.4, 0.5) is 0 Å². The van der Waals surface area contributed by atoms with E-state index in [0.717, 1.165) is 5.92 Å². The molecule has 2 nitrogen and oxygen atoms in total. The predicted molar refractivity (Wildman–Crippen MR) is 69.7 cm³/mol. The molecule has 0 spiro atoms. The van der Waals surface area contributed by atoms with Crippen molar-refractivity contribution in [1.82, 2.24) is 10.2 Å². The van der Waals surface area contributed by atoms with Crippen LogP contribution in [0, 0.1) is 5.92 Å². The predicted octanol–water partition coefficient (Wildman–Crippen LogP) is 2.64. The number of rotatable bonds is 4. The number of hydrogen-bond acceptors (Lipinski definition) is 2. The molecule has 1 atom stereocenters. The molecule has 1 saturated heterocycles. The number of piperazine rings is 1.